The van der Waals surface area contributed by atoms with Gasteiger partial charge < -0.3 is 10.2 Å². The molecular formula is C17H16N4O. The number of carbonyl (C=O) groups excluding carboxylic acids is 1. The second-order valence-electron chi connectivity index (χ2n) is 4.85. The maximum absolute atomic E-state index is 12.5. The molecule has 110 valence electrons. The highest BCUT2D eigenvalue weighted by molar-refractivity contribution is 6.08. The molecule has 5 heteroatoms. The van der Waals surface area contributed by atoms with Crippen molar-refractivity contribution in [2.24, 2.45) is 0 Å². The van der Waals surface area contributed by atoms with Crippen molar-refractivity contribution in [2.45, 2.75) is 0 Å². The van der Waals surface area contributed by atoms with E-state index in [2.05, 4.69) is 15.5 Å². The average Bonchev–Trinajstić information content (AvgIpc) is 3.08. The van der Waals surface area contributed by atoms with E-state index in [0.717, 1.165) is 11.4 Å². The number of carbonyl (C=O) groups is 1. The summed E-state index contributed by atoms with van der Waals surface area (Å²) in [6.07, 6.45) is 3.21. The molecule has 1 aromatic heterocycles. The Kier molecular flexibility index (Phi) is 3.87. The summed E-state index contributed by atoms with van der Waals surface area (Å²) >= 11 is 0. The third-order valence-corrected chi connectivity index (χ3v) is 3.41. The third-order valence-electron chi connectivity index (χ3n) is 3.41. The van der Waals surface area contributed by atoms with Gasteiger partial charge in [0.2, 0.25) is 0 Å². The molecule has 5 nitrogen and oxygen atoms in total. The lowest BCUT2D eigenvalue weighted by Gasteiger charge is -2.22. The molecule has 0 aliphatic heterocycles. The van der Waals surface area contributed by atoms with Crippen LogP contribution in [0.25, 0.3) is 0 Å². The summed E-state index contributed by atoms with van der Waals surface area (Å²) in [6.45, 7) is 0. The highest BCUT2D eigenvalue weighted by Crippen LogP contribution is 2.27. The van der Waals surface area contributed by atoms with Crippen molar-refractivity contribution in [3.8, 4) is 0 Å². The van der Waals surface area contributed by atoms with Crippen LogP contribution in [0.4, 0.5) is 17.1 Å². The van der Waals surface area contributed by atoms with Crippen LogP contribution in [0.15, 0.2) is 67.0 Å². The summed E-state index contributed by atoms with van der Waals surface area (Å²) in [6, 6.07) is 17.4. The summed E-state index contributed by atoms with van der Waals surface area (Å²) in [5, 5.41) is 9.32. The number of para-hydroxylation sites is 2. The van der Waals surface area contributed by atoms with Gasteiger partial charge in [0.15, 0.2) is 0 Å². The number of nitrogens with one attached hydrogen (secondary N) is 2. The zero-order valence-electron chi connectivity index (χ0n) is 12.2. The molecule has 3 rings (SSSR count). The van der Waals surface area contributed by atoms with Crippen LogP contribution in [0.3, 0.4) is 0 Å². The first-order valence-electron chi connectivity index (χ1n) is 6.93. The number of rotatable bonds is 4. The van der Waals surface area contributed by atoms with Crippen molar-refractivity contribution in [1.82, 2.24) is 10.2 Å². The monoisotopic (exact) mass is 292 g/mol. The number of hydrogen-bond acceptors (Lipinski definition) is 3. The van der Waals surface area contributed by atoms with E-state index in [0.29, 0.717) is 11.3 Å². The van der Waals surface area contributed by atoms with Gasteiger partial charge in [0.1, 0.15) is 0 Å². The average molecular weight is 292 g/mol. The Morgan fingerprint density at radius 2 is 1.82 bits per heavy atom. The minimum Gasteiger partial charge on any atom is -0.344 e. The molecule has 22 heavy (non-hydrogen) atoms. The van der Waals surface area contributed by atoms with Gasteiger partial charge in [-0.15, -0.1) is 0 Å². The van der Waals surface area contributed by atoms with E-state index in [4.69, 9.17) is 0 Å². The van der Waals surface area contributed by atoms with Gasteiger partial charge in [-0.2, -0.15) is 5.10 Å². The second-order valence-corrected chi connectivity index (χ2v) is 4.85. The smallest absolute Gasteiger partial charge is 0.257 e. The van der Waals surface area contributed by atoms with Crippen LogP contribution in [0.5, 0.6) is 0 Å². The Morgan fingerprint density at radius 1 is 1.09 bits per heavy atom. The van der Waals surface area contributed by atoms with Gasteiger partial charge >= 0.3 is 0 Å². The SMILES string of the molecule is CN(c1ccccc1)c1ccccc1C(=O)Nc1cn[nH]c1. The fourth-order valence-corrected chi connectivity index (χ4v) is 2.27. The number of H-pyrrole nitrogens is 1. The van der Waals surface area contributed by atoms with Crippen molar-refractivity contribution in [1.29, 1.82) is 0 Å². The van der Waals surface area contributed by atoms with Crippen LogP contribution < -0.4 is 10.2 Å². The molecule has 3 aromatic rings. The second kappa shape index (κ2) is 6.13. The zero-order chi connectivity index (χ0) is 15.4. The summed E-state index contributed by atoms with van der Waals surface area (Å²) < 4.78 is 0. The molecule has 0 saturated carbocycles. The predicted molar refractivity (Wildman–Crippen MR) is 87.5 cm³/mol. The van der Waals surface area contributed by atoms with Crippen LogP contribution in [-0.2, 0) is 0 Å². The van der Waals surface area contributed by atoms with Crippen LogP contribution in [0.2, 0.25) is 0 Å². The van der Waals surface area contributed by atoms with Gasteiger partial charge in [0.05, 0.1) is 23.1 Å². The standard InChI is InChI=1S/C17H16N4O/c1-21(14-7-3-2-4-8-14)16-10-6-5-9-15(16)17(22)20-13-11-18-19-12-13/h2-12H,1H3,(H,18,19)(H,20,22). The molecule has 0 fully saturated rings. The molecular weight excluding hydrogens is 276 g/mol. The maximum Gasteiger partial charge on any atom is 0.257 e. The van der Waals surface area contributed by atoms with Crippen molar-refractivity contribution >= 4 is 23.0 Å². The molecule has 0 radical (unpaired) electrons. The first kappa shape index (κ1) is 13.9. The van der Waals surface area contributed by atoms with E-state index >= 15 is 0 Å². The van der Waals surface area contributed by atoms with Crippen molar-refractivity contribution in [3.05, 3.63) is 72.6 Å². The van der Waals surface area contributed by atoms with Crippen LogP contribution in [0, 0.1) is 0 Å². The first-order chi connectivity index (χ1) is 10.8. The Bertz CT molecular complexity index is 753. The van der Waals surface area contributed by atoms with Gasteiger partial charge in [0.25, 0.3) is 5.91 Å². The van der Waals surface area contributed by atoms with Crippen molar-refractivity contribution in [3.63, 3.8) is 0 Å². The van der Waals surface area contributed by atoms with E-state index in [1.165, 1.54) is 0 Å². The molecule has 0 aliphatic rings. The molecule has 0 atom stereocenters. The highest BCUT2D eigenvalue weighted by atomic mass is 16.1. The normalized spacial score (nSPS) is 10.2. The Hall–Kier alpha value is -3.08. The molecule has 2 N–H and O–H groups in total. The Morgan fingerprint density at radius 3 is 2.55 bits per heavy atom. The number of amides is 1. The number of hydrogen-bond donors (Lipinski definition) is 2. The van der Waals surface area contributed by atoms with Crippen LogP contribution in [0.1, 0.15) is 10.4 Å². The number of nitrogens with zero attached hydrogens (tertiary/aromatic N) is 2. The lowest BCUT2D eigenvalue weighted by Crippen LogP contribution is -2.18. The fraction of sp³-hybridized carbons (Fsp3) is 0.0588. The van der Waals surface area contributed by atoms with E-state index in [9.17, 15) is 4.79 Å². The quantitative estimate of drug-likeness (QED) is 0.774. The molecule has 0 spiro atoms. The van der Waals surface area contributed by atoms with Crippen LogP contribution in [-0.4, -0.2) is 23.2 Å². The third kappa shape index (κ3) is 2.83. The number of anilines is 3. The van der Waals surface area contributed by atoms with Gasteiger partial charge in [-0.05, 0) is 24.3 Å². The van der Waals surface area contributed by atoms with Gasteiger partial charge in [0, 0.05) is 18.9 Å². The molecule has 0 bridgehead atoms. The van der Waals surface area contributed by atoms with Crippen molar-refractivity contribution < 1.29 is 4.79 Å². The van der Waals surface area contributed by atoms with Gasteiger partial charge in [-0.3, -0.25) is 9.89 Å². The minimum atomic E-state index is -0.167. The first-order valence-corrected chi connectivity index (χ1v) is 6.93. The Balaban J connectivity index is 1.91. The molecule has 1 amide bonds. The van der Waals surface area contributed by atoms with E-state index in [1.807, 2.05) is 66.5 Å². The fourth-order valence-electron chi connectivity index (χ4n) is 2.27. The summed E-state index contributed by atoms with van der Waals surface area (Å²) in [7, 11) is 1.94. The van der Waals surface area contributed by atoms with E-state index in [-0.39, 0.29) is 5.91 Å². The number of aromatic nitrogens is 2. The zero-order valence-corrected chi connectivity index (χ0v) is 12.2. The summed E-state index contributed by atoms with van der Waals surface area (Å²) in [5.74, 6) is -0.167. The largest absolute Gasteiger partial charge is 0.344 e. The molecule has 1 heterocycles. The summed E-state index contributed by atoms with van der Waals surface area (Å²) in [4.78, 5) is 14.5. The molecule has 0 unspecified atom stereocenters. The van der Waals surface area contributed by atoms with Crippen LogP contribution >= 0.6 is 0 Å². The maximum atomic E-state index is 12.5. The molecule has 0 saturated heterocycles. The Labute approximate surface area is 128 Å². The van der Waals surface area contributed by atoms with Crippen molar-refractivity contribution in [2.75, 3.05) is 17.3 Å². The lowest BCUT2D eigenvalue weighted by atomic mass is 10.1. The van der Waals surface area contributed by atoms with E-state index in [1.54, 1.807) is 12.4 Å². The number of aromatic amines is 1. The van der Waals surface area contributed by atoms with Gasteiger partial charge in [-0.1, -0.05) is 30.3 Å². The summed E-state index contributed by atoms with van der Waals surface area (Å²) in [5.41, 5.74) is 3.11. The topological polar surface area (TPSA) is 61.0 Å². The highest BCUT2D eigenvalue weighted by Gasteiger charge is 2.15. The van der Waals surface area contributed by atoms with Gasteiger partial charge in [-0.25, -0.2) is 0 Å². The molecule has 2 aromatic carbocycles. The van der Waals surface area contributed by atoms with E-state index < -0.39 is 0 Å². The minimum absolute atomic E-state index is 0.167. The number of benzene rings is 2. The molecule has 0 aliphatic carbocycles. The lowest BCUT2D eigenvalue weighted by molar-refractivity contribution is 0.102. The predicted octanol–water partition coefficient (Wildman–Crippen LogP) is 3.43.